The molecule has 0 fully saturated rings. The highest BCUT2D eigenvalue weighted by molar-refractivity contribution is 6.30. The van der Waals surface area contributed by atoms with Gasteiger partial charge < -0.3 is 5.32 Å². The number of nitrogens with one attached hydrogen (secondary N) is 1. The van der Waals surface area contributed by atoms with Crippen LogP contribution in [0.3, 0.4) is 0 Å². The largest absolute Gasteiger partial charge is 0.352 e. The van der Waals surface area contributed by atoms with Gasteiger partial charge in [0, 0.05) is 23.7 Å². The van der Waals surface area contributed by atoms with Gasteiger partial charge in [-0.05, 0) is 19.4 Å². The molecule has 0 aliphatic heterocycles. The van der Waals surface area contributed by atoms with E-state index in [-0.39, 0.29) is 11.8 Å². The molecule has 21 heavy (non-hydrogen) atoms. The second-order valence-corrected chi connectivity index (χ2v) is 5.50. The van der Waals surface area contributed by atoms with E-state index in [9.17, 15) is 4.79 Å². The fraction of sp³-hybridized carbons (Fsp3) is 0.400. The fourth-order valence-electron chi connectivity index (χ4n) is 1.87. The smallest absolute Gasteiger partial charge is 0.223 e. The molecule has 0 aliphatic carbocycles. The summed E-state index contributed by atoms with van der Waals surface area (Å²) in [4.78, 5) is 16.4. The number of amides is 1. The molecule has 0 saturated heterocycles. The van der Waals surface area contributed by atoms with Crippen LogP contribution in [0.15, 0.2) is 24.5 Å². The van der Waals surface area contributed by atoms with E-state index >= 15 is 0 Å². The summed E-state index contributed by atoms with van der Waals surface area (Å²) in [5, 5.41) is 7.66. The van der Waals surface area contributed by atoms with Crippen LogP contribution in [0.4, 0.5) is 0 Å². The van der Waals surface area contributed by atoms with E-state index < -0.39 is 0 Å². The molecule has 0 spiro atoms. The molecule has 2 aromatic rings. The molecule has 0 unspecified atom stereocenters. The molecule has 6 heteroatoms. The lowest BCUT2D eigenvalue weighted by atomic mass is 10.1. The minimum absolute atomic E-state index is 0.00556. The van der Waals surface area contributed by atoms with Gasteiger partial charge in [0.05, 0.1) is 17.4 Å². The number of nitrogens with zero attached hydrogens (tertiary/aromatic N) is 3. The lowest BCUT2D eigenvalue weighted by molar-refractivity contribution is -0.124. The van der Waals surface area contributed by atoms with Gasteiger partial charge >= 0.3 is 0 Å². The topological polar surface area (TPSA) is 59.8 Å². The van der Waals surface area contributed by atoms with Crippen LogP contribution in [-0.4, -0.2) is 20.7 Å². The first kappa shape index (κ1) is 15.5. The Bertz CT molecular complexity index is 638. The van der Waals surface area contributed by atoms with Gasteiger partial charge in [-0.25, -0.2) is 9.67 Å². The normalized spacial score (nSPS) is 12.2. The Labute approximate surface area is 129 Å². The summed E-state index contributed by atoms with van der Waals surface area (Å²) < 4.78 is 1.63. The Morgan fingerprint density at radius 1 is 1.48 bits per heavy atom. The minimum atomic E-state index is 0.00556. The minimum Gasteiger partial charge on any atom is -0.352 e. The molecule has 5 nitrogen and oxygen atoms in total. The Morgan fingerprint density at radius 3 is 2.86 bits per heavy atom. The molecule has 0 aromatic carbocycles. The van der Waals surface area contributed by atoms with Crippen molar-refractivity contribution in [3.8, 4) is 5.82 Å². The van der Waals surface area contributed by atoms with Crippen molar-refractivity contribution in [2.75, 3.05) is 0 Å². The number of carbonyl (C=O) groups excluding carboxylic acids is 1. The molecule has 0 saturated carbocycles. The van der Waals surface area contributed by atoms with Crippen LogP contribution >= 0.6 is 11.6 Å². The summed E-state index contributed by atoms with van der Waals surface area (Å²) in [6, 6.07) is 3.86. The van der Waals surface area contributed by atoms with Crippen LogP contribution in [0.1, 0.15) is 31.5 Å². The van der Waals surface area contributed by atoms with Crippen LogP contribution in [0.5, 0.6) is 0 Å². The molecule has 0 radical (unpaired) electrons. The summed E-state index contributed by atoms with van der Waals surface area (Å²) in [6.45, 7) is 6.24. The molecule has 0 aliphatic rings. The molecule has 1 atom stereocenters. The summed E-state index contributed by atoms with van der Waals surface area (Å²) in [6.07, 6.45) is 4.08. The molecule has 2 heterocycles. The van der Waals surface area contributed by atoms with Gasteiger partial charge in [0.25, 0.3) is 0 Å². The van der Waals surface area contributed by atoms with Crippen molar-refractivity contribution in [2.45, 2.75) is 33.7 Å². The third kappa shape index (κ3) is 3.82. The first-order chi connectivity index (χ1) is 10.0. The second-order valence-electron chi connectivity index (χ2n) is 5.07. The SMILES string of the molecule is CC[C@H](C)C(=O)NCc1ccc(C)nc1-n1cc(Cl)cn1. The highest BCUT2D eigenvalue weighted by Gasteiger charge is 2.13. The zero-order chi connectivity index (χ0) is 15.4. The van der Waals surface area contributed by atoms with E-state index in [0.29, 0.717) is 17.4 Å². The predicted molar refractivity (Wildman–Crippen MR) is 82.4 cm³/mol. The molecular formula is C15H19ClN4O. The predicted octanol–water partition coefficient (Wildman–Crippen LogP) is 2.89. The van der Waals surface area contributed by atoms with Gasteiger partial charge in [0.15, 0.2) is 5.82 Å². The van der Waals surface area contributed by atoms with Crippen molar-refractivity contribution in [2.24, 2.45) is 5.92 Å². The first-order valence-electron chi connectivity index (χ1n) is 6.96. The number of pyridine rings is 1. The van der Waals surface area contributed by atoms with Crippen molar-refractivity contribution in [3.63, 3.8) is 0 Å². The average Bonchev–Trinajstić information content (AvgIpc) is 2.91. The van der Waals surface area contributed by atoms with Crippen molar-refractivity contribution >= 4 is 17.5 Å². The maximum Gasteiger partial charge on any atom is 0.223 e. The fourth-order valence-corrected chi connectivity index (χ4v) is 2.00. The van der Waals surface area contributed by atoms with Crippen molar-refractivity contribution in [1.29, 1.82) is 0 Å². The van der Waals surface area contributed by atoms with Gasteiger partial charge in [0.2, 0.25) is 5.91 Å². The number of halogens is 1. The summed E-state index contributed by atoms with van der Waals surface area (Å²) in [5.74, 6) is 0.736. The quantitative estimate of drug-likeness (QED) is 0.924. The van der Waals surface area contributed by atoms with E-state index in [1.807, 2.05) is 32.9 Å². The molecule has 2 aromatic heterocycles. The second kappa shape index (κ2) is 6.72. The number of hydrogen-bond donors (Lipinski definition) is 1. The van der Waals surface area contributed by atoms with Crippen LogP contribution in [-0.2, 0) is 11.3 Å². The van der Waals surface area contributed by atoms with Crippen LogP contribution in [0, 0.1) is 12.8 Å². The third-order valence-corrected chi connectivity index (χ3v) is 3.57. The monoisotopic (exact) mass is 306 g/mol. The van der Waals surface area contributed by atoms with Crippen LogP contribution in [0.2, 0.25) is 5.02 Å². The Hall–Kier alpha value is -1.88. The van der Waals surface area contributed by atoms with Gasteiger partial charge in [-0.2, -0.15) is 5.10 Å². The zero-order valence-corrected chi connectivity index (χ0v) is 13.2. The average molecular weight is 307 g/mol. The maximum absolute atomic E-state index is 11.9. The number of carbonyl (C=O) groups is 1. The lowest BCUT2D eigenvalue weighted by Crippen LogP contribution is -2.29. The number of hydrogen-bond acceptors (Lipinski definition) is 3. The summed E-state index contributed by atoms with van der Waals surface area (Å²) in [7, 11) is 0. The first-order valence-corrected chi connectivity index (χ1v) is 7.33. The Balaban J connectivity index is 2.22. The van der Waals surface area contributed by atoms with Crippen LogP contribution in [0.25, 0.3) is 5.82 Å². The van der Waals surface area contributed by atoms with Gasteiger partial charge in [0.1, 0.15) is 0 Å². The van der Waals surface area contributed by atoms with E-state index in [1.54, 1.807) is 17.1 Å². The van der Waals surface area contributed by atoms with Gasteiger partial charge in [-0.3, -0.25) is 4.79 Å². The maximum atomic E-state index is 11.9. The highest BCUT2D eigenvalue weighted by Crippen LogP contribution is 2.15. The van der Waals surface area contributed by atoms with Crippen molar-refractivity contribution < 1.29 is 4.79 Å². The molecular weight excluding hydrogens is 288 g/mol. The van der Waals surface area contributed by atoms with Gasteiger partial charge in [-0.15, -0.1) is 0 Å². The van der Waals surface area contributed by atoms with E-state index in [0.717, 1.165) is 17.7 Å². The zero-order valence-electron chi connectivity index (χ0n) is 12.4. The third-order valence-electron chi connectivity index (χ3n) is 3.38. The number of rotatable bonds is 5. The number of aryl methyl sites for hydroxylation is 1. The molecule has 2 rings (SSSR count). The standard InChI is InChI=1S/C15H19ClN4O/c1-4-10(2)15(21)17-7-12-6-5-11(3)19-14(12)20-9-13(16)8-18-20/h5-6,8-10H,4,7H2,1-3H3,(H,17,21)/t10-/m0/s1. The lowest BCUT2D eigenvalue weighted by Gasteiger charge is -2.13. The summed E-state index contributed by atoms with van der Waals surface area (Å²) >= 11 is 5.91. The molecule has 1 N–H and O–H groups in total. The highest BCUT2D eigenvalue weighted by atomic mass is 35.5. The van der Waals surface area contributed by atoms with Gasteiger partial charge in [-0.1, -0.05) is 31.5 Å². The summed E-state index contributed by atoms with van der Waals surface area (Å²) in [5.41, 5.74) is 1.78. The van der Waals surface area contributed by atoms with E-state index in [4.69, 9.17) is 11.6 Å². The molecule has 1 amide bonds. The van der Waals surface area contributed by atoms with E-state index in [1.165, 1.54) is 0 Å². The number of aromatic nitrogens is 3. The van der Waals surface area contributed by atoms with E-state index in [2.05, 4.69) is 15.4 Å². The molecule has 0 bridgehead atoms. The molecule has 112 valence electrons. The Kier molecular flexibility index (Phi) is 4.96. The Morgan fingerprint density at radius 2 is 2.24 bits per heavy atom. The van der Waals surface area contributed by atoms with Crippen molar-refractivity contribution in [3.05, 3.63) is 40.8 Å². The van der Waals surface area contributed by atoms with Crippen LogP contribution < -0.4 is 5.32 Å². The van der Waals surface area contributed by atoms with Crippen molar-refractivity contribution in [1.82, 2.24) is 20.1 Å².